The Morgan fingerprint density at radius 3 is 2.53 bits per heavy atom. The molecule has 1 amide bonds. The summed E-state index contributed by atoms with van der Waals surface area (Å²) in [6, 6.07) is 3.66. The number of nitrogens with two attached hydrogens (primary N) is 1. The summed E-state index contributed by atoms with van der Waals surface area (Å²) < 4.78 is 27.2. The van der Waals surface area contributed by atoms with Crippen molar-refractivity contribution in [2.75, 3.05) is 19.8 Å². The average molecular weight is 350 g/mol. The molecule has 8 heteroatoms. The van der Waals surface area contributed by atoms with Gasteiger partial charge in [-0.3, -0.25) is 4.79 Å². The van der Waals surface area contributed by atoms with E-state index in [1.807, 2.05) is 0 Å². The van der Waals surface area contributed by atoms with E-state index in [1.54, 1.807) is 20.2 Å². The van der Waals surface area contributed by atoms with Crippen LogP contribution in [0.15, 0.2) is 27.6 Å². The molecule has 6 nitrogen and oxygen atoms in total. The Labute approximate surface area is 121 Å². The van der Waals surface area contributed by atoms with Crippen LogP contribution in [-0.2, 0) is 14.8 Å². The molecule has 3 N–H and O–H groups in total. The molecule has 0 heterocycles. The summed E-state index contributed by atoms with van der Waals surface area (Å²) in [5.41, 5.74) is 5.78. The van der Waals surface area contributed by atoms with Crippen molar-refractivity contribution < 1.29 is 13.2 Å². The van der Waals surface area contributed by atoms with Gasteiger partial charge in [-0.05, 0) is 25.1 Å². The van der Waals surface area contributed by atoms with E-state index in [4.69, 9.17) is 5.73 Å². The summed E-state index contributed by atoms with van der Waals surface area (Å²) >= 11 is 3.18. The molecular formula is C11H16BrN3O3S. The molecule has 0 fully saturated rings. The molecule has 19 heavy (non-hydrogen) atoms. The van der Waals surface area contributed by atoms with Crippen molar-refractivity contribution in [2.45, 2.75) is 17.9 Å². The van der Waals surface area contributed by atoms with Gasteiger partial charge in [0.05, 0.1) is 11.7 Å². The molecule has 1 unspecified atom stereocenters. The Kier molecular flexibility index (Phi) is 4.94. The van der Waals surface area contributed by atoms with Gasteiger partial charge in [0, 0.05) is 18.6 Å². The van der Waals surface area contributed by atoms with Crippen LogP contribution in [-0.4, -0.2) is 39.4 Å². The topological polar surface area (TPSA) is 92.5 Å². The van der Waals surface area contributed by atoms with Gasteiger partial charge in [-0.25, -0.2) is 8.42 Å². The largest absolute Gasteiger partial charge is 0.398 e. The number of sulfonamides is 1. The normalized spacial score (nSPS) is 13.1. The van der Waals surface area contributed by atoms with Crippen molar-refractivity contribution in [3.63, 3.8) is 0 Å². The Morgan fingerprint density at radius 1 is 1.42 bits per heavy atom. The summed E-state index contributed by atoms with van der Waals surface area (Å²) in [6.45, 7) is 1.48. The zero-order chi connectivity index (χ0) is 14.8. The number of rotatable bonds is 4. The van der Waals surface area contributed by atoms with Crippen LogP contribution in [0.1, 0.15) is 6.92 Å². The average Bonchev–Trinajstić information content (AvgIpc) is 2.30. The second-order valence-corrected chi connectivity index (χ2v) is 6.86. The minimum absolute atomic E-state index is 0.0553. The van der Waals surface area contributed by atoms with Gasteiger partial charge >= 0.3 is 0 Å². The van der Waals surface area contributed by atoms with Crippen LogP contribution in [0.5, 0.6) is 0 Å². The van der Waals surface area contributed by atoms with E-state index in [0.29, 0.717) is 4.47 Å². The first-order chi connectivity index (χ1) is 8.65. The highest BCUT2D eigenvalue weighted by Crippen LogP contribution is 2.23. The minimum atomic E-state index is -3.84. The predicted octanol–water partition coefficient (Wildman–Crippen LogP) is 0.786. The number of nitrogens with zero attached hydrogens (tertiary/aromatic N) is 1. The van der Waals surface area contributed by atoms with Crippen LogP contribution < -0.4 is 10.5 Å². The predicted molar refractivity (Wildman–Crippen MR) is 77.0 cm³/mol. The maximum Gasteiger partial charge on any atom is 0.243 e. The SMILES string of the molecule is CC(NS(=O)(=O)c1cc(Br)ccc1N)C(=O)N(C)C. The Morgan fingerprint density at radius 2 is 2.00 bits per heavy atom. The van der Waals surface area contributed by atoms with Crippen LogP contribution >= 0.6 is 15.9 Å². The molecule has 1 rings (SSSR count). The van der Waals surface area contributed by atoms with Crippen molar-refractivity contribution in [3.05, 3.63) is 22.7 Å². The fraction of sp³-hybridized carbons (Fsp3) is 0.364. The number of carbonyl (C=O) groups excluding carboxylic acids is 1. The molecule has 0 aromatic heterocycles. The molecule has 1 atom stereocenters. The van der Waals surface area contributed by atoms with Gasteiger partial charge in [-0.15, -0.1) is 0 Å². The molecular weight excluding hydrogens is 334 g/mol. The molecule has 0 aliphatic heterocycles. The lowest BCUT2D eigenvalue weighted by atomic mass is 10.3. The Bertz CT molecular complexity index is 587. The van der Waals surface area contributed by atoms with Crippen LogP contribution in [0.4, 0.5) is 5.69 Å². The standard InChI is InChI=1S/C11H16BrN3O3S/c1-7(11(16)15(2)3)14-19(17,18)10-6-8(12)4-5-9(10)13/h4-7,14H,13H2,1-3H3. The lowest BCUT2D eigenvalue weighted by Crippen LogP contribution is -2.44. The van der Waals surface area contributed by atoms with E-state index in [9.17, 15) is 13.2 Å². The lowest BCUT2D eigenvalue weighted by Gasteiger charge is -2.18. The zero-order valence-corrected chi connectivity index (χ0v) is 13.2. The molecule has 0 aliphatic rings. The summed E-state index contributed by atoms with van der Waals surface area (Å²) in [4.78, 5) is 12.9. The third kappa shape index (κ3) is 3.92. The molecule has 0 aliphatic carbocycles. The molecule has 106 valence electrons. The highest BCUT2D eigenvalue weighted by molar-refractivity contribution is 9.10. The smallest absolute Gasteiger partial charge is 0.243 e. The van der Waals surface area contributed by atoms with E-state index in [2.05, 4.69) is 20.7 Å². The molecule has 1 aromatic rings. The van der Waals surface area contributed by atoms with Gasteiger partial charge < -0.3 is 10.6 Å². The van der Waals surface area contributed by atoms with E-state index in [0.717, 1.165) is 0 Å². The summed E-state index contributed by atoms with van der Waals surface area (Å²) in [5.74, 6) is -0.336. The first-order valence-electron chi connectivity index (χ1n) is 5.43. The van der Waals surface area contributed by atoms with Gasteiger partial charge in [0.25, 0.3) is 0 Å². The van der Waals surface area contributed by atoms with Crippen LogP contribution in [0.2, 0.25) is 0 Å². The fourth-order valence-corrected chi connectivity index (χ4v) is 3.34. The second kappa shape index (κ2) is 5.89. The van der Waals surface area contributed by atoms with E-state index in [-0.39, 0.29) is 16.5 Å². The third-order valence-corrected chi connectivity index (χ3v) is 4.50. The zero-order valence-electron chi connectivity index (χ0n) is 10.8. The van der Waals surface area contributed by atoms with Crippen LogP contribution in [0, 0.1) is 0 Å². The number of benzene rings is 1. The van der Waals surface area contributed by atoms with Gasteiger partial charge in [0.2, 0.25) is 15.9 Å². The summed E-state index contributed by atoms with van der Waals surface area (Å²) in [7, 11) is -0.731. The monoisotopic (exact) mass is 349 g/mol. The Balaban J connectivity index is 3.05. The van der Waals surface area contributed by atoms with Crippen LogP contribution in [0.25, 0.3) is 0 Å². The number of hydrogen-bond acceptors (Lipinski definition) is 4. The minimum Gasteiger partial charge on any atom is -0.398 e. The summed E-state index contributed by atoms with van der Waals surface area (Å²) in [6.07, 6.45) is 0. The van der Waals surface area contributed by atoms with Crippen molar-refractivity contribution in [1.29, 1.82) is 0 Å². The maximum absolute atomic E-state index is 12.2. The van der Waals surface area contributed by atoms with Crippen molar-refractivity contribution >= 4 is 37.5 Å². The van der Waals surface area contributed by atoms with Gasteiger partial charge in [-0.1, -0.05) is 15.9 Å². The Hall–Kier alpha value is -1.12. The van der Waals surface area contributed by atoms with Crippen molar-refractivity contribution in [1.82, 2.24) is 9.62 Å². The lowest BCUT2D eigenvalue weighted by molar-refractivity contribution is -0.130. The number of anilines is 1. The molecule has 1 aromatic carbocycles. The molecule has 0 spiro atoms. The molecule has 0 radical (unpaired) electrons. The first-order valence-corrected chi connectivity index (χ1v) is 7.71. The van der Waals surface area contributed by atoms with Crippen molar-refractivity contribution in [2.24, 2.45) is 0 Å². The number of nitrogen functional groups attached to an aromatic ring is 1. The van der Waals surface area contributed by atoms with E-state index < -0.39 is 16.1 Å². The van der Waals surface area contributed by atoms with E-state index in [1.165, 1.54) is 24.0 Å². The van der Waals surface area contributed by atoms with Crippen LogP contribution in [0.3, 0.4) is 0 Å². The van der Waals surface area contributed by atoms with Gasteiger partial charge in [0.1, 0.15) is 4.90 Å². The number of amides is 1. The molecule has 0 saturated heterocycles. The first kappa shape index (κ1) is 15.9. The number of likely N-dealkylation sites (N-methyl/N-ethyl adjacent to an activating group) is 1. The third-order valence-electron chi connectivity index (χ3n) is 2.41. The number of nitrogens with one attached hydrogen (secondary N) is 1. The van der Waals surface area contributed by atoms with Crippen molar-refractivity contribution in [3.8, 4) is 0 Å². The molecule has 0 saturated carbocycles. The van der Waals surface area contributed by atoms with Gasteiger partial charge in [-0.2, -0.15) is 4.72 Å². The molecule has 0 bridgehead atoms. The fourth-order valence-electron chi connectivity index (χ4n) is 1.47. The van der Waals surface area contributed by atoms with E-state index >= 15 is 0 Å². The highest BCUT2D eigenvalue weighted by Gasteiger charge is 2.24. The quantitative estimate of drug-likeness (QED) is 0.785. The second-order valence-electron chi connectivity index (χ2n) is 4.26. The maximum atomic E-state index is 12.2. The highest BCUT2D eigenvalue weighted by atomic mass is 79.9. The number of hydrogen-bond donors (Lipinski definition) is 2. The summed E-state index contributed by atoms with van der Waals surface area (Å²) in [5, 5.41) is 0. The van der Waals surface area contributed by atoms with Gasteiger partial charge in [0.15, 0.2) is 0 Å². The number of carbonyl (C=O) groups is 1. The number of halogens is 1.